The summed E-state index contributed by atoms with van der Waals surface area (Å²) in [7, 11) is 0. The van der Waals surface area contributed by atoms with E-state index in [9.17, 15) is 22.4 Å². The summed E-state index contributed by atoms with van der Waals surface area (Å²) in [5.41, 5.74) is -0.151. The third kappa shape index (κ3) is 2.59. The predicted molar refractivity (Wildman–Crippen MR) is 88.8 cm³/mol. The largest absolute Gasteiger partial charge is 0.342 e. The van der Waals surface area contributed by atoms with Crippen molar-refractivity contribution in [2.24, 2.45) is 5.92 Å². The van der Waals surface area contributed by atoms with E-state index in [0.29, 0.717) is 13.1 Å². The number of rotatable bonds is 3. The summed E-state index contributed by atoms with van der Waals surface area (Å²) >= 11 is 0. The second kappa shape index (κ2) is 6.11. The quantitative estimate of drug-likeness (QED) is 0.730. The average molecular weight is 363 g/mol. The van der Waals surface area contributed by atoms with Gasteiger partial charge in [0.05, 0.1) is 11.5 Å². The third-order valence-electron chi connectivity index (χ3n) is 5.27. The van der Waals surface area contributed by atoms with Gasteiger partial charge in [-0.15, -0.1) is 0 Å². The van der Waals surface area contributed by atoms with Crippen LogP contribution in [0.4, 0.5) is 17.6 Å². The lowest BCUT2D eigenvalue weighted by molar-refractivity contribution is -0.133. The van der Waals surface area contributed by atoms with Gasteiger partial charge in [-0.25, -0.2) is 17.6 Å². The summed E-state index contributed by atoms with van der Waals surface area (Å²) in [5, 5.41) is 0. The number of carbonyl (C=O) groups excluding carboxylic acids is 1. The first-order chi connectivity index (χ1) is 12.4. The van der Waals surface area contributed by atoms with E-state index >= 15 is 0 Å². The zero-order chi connectivity index (χ0) is 18.5. The maximum absolute atomic E-state index is 14.5. The van der Waals surface area contributed by atoms with Crippen molar-refractivity contribution in [2.75, 3.05) is 13.1 Å². The lowest BCUT2D eigenvalue weighted by Gasteiger charge is -2.15. The molecule has 0 radical (unpaired) electrons. The highest BCUT2D eigenvalue weighted by atomic mass is 19.3. The van der Waals surface area contributed by atoms with Crippen LogP contribution in [0.3, 0.4) is 0 Å². The molecule has 1 saturated heterocycles. The topological polar surface area (TPSA) is 20.3 Å². The molecule has 0 aromatic heterocycles. The minimum atomic E-state index is -3.21. The molecular weight excluding hydrogens is 346 g/mol. The Balaban J connectivity index is 1.74. The van der Waals surface area contributed by atoms with Gasteiger partial charge in [-0.1, -0.05) is 30.3 Å². The molecule has 0 bridgehead atoms. The number of likely N-dealkylation sites (tertiary alicyclic amines) is 1. The van der Waals surface area contributed by atoms with E-state index < -0.39 is 35.3 Å². The summed E-state index contributed by atoms with van der Waals surface area (Å²) < 4.78 is 57.4. The molecule has 2 atom stereocenters. The van der Waals surface area contributed by atoms with Crippen molar-refractivity contribution >= 4 is 5.91 Å². The van der Waals surface area contributed by atoms with Crippen LogP contribution in [0.1, 0.15) is 24.3 Å². The number of halogens is 4. The first kappa shape index (κ1) is 17.1. The van der Waals surface area contributed by atoms with Gasteiger partial charge in [-0.05, 0) is 36.1 Å². The minimum absolute atomic E-state index is 0.0736. The normalized spacial score (nSPS) is 23.9. The van der Waals surface area contributed by atoms with Crippen molar-refractivity contribution in [3.63, 3.8) is 0 Å². The van der Waals surface area contributed by atoms with Crippen LogP contribution in [-0.2, 0) is 4.79 Å². The smallest absolute Gasteiger partial charge is 0.268 e. The van der Waals surface area contributed by atoms with E-state index in [1.165, 1.54) is 23.1 Å². The molecule has 0 spiro atoms. The summed E-state index contributed by atoms with van der Waals surface area (Å²) in [4.78, 5) is 13.9. The summed E-state index contributed by atoms with van der Waals surface area (Å²) in [6.45, 7) is 0.976. The van der Waals surface area contributed by atoms with Gasteiger partial charge in [0, 0.05) is 13.1 Å². The van der Waals surface area contributed by atoms with Crippen LogP contribution in [0.25, 0.3) is 11.1 Å². The van der Waals surface area contributed by atoms with Gasteiger partial charge < -0.3 is 4.90 Å². The Kier molecular flexibility index (Phi) is 4.01. The molecule has 136 valence electrons. The molecule has 2 fully saturated rings. The van der Waals surface area contributed by atoms with Crippen molar-refractivity contribution in [3.05, 3.63) is 59.7 Å². The van der Waals surface area contributed by atoms with Gasteiger partial charge in [0.2, 0.25) is 5.91 Å². The molecular formula is C20H17F4NO. The van der Waals surface area contributed by atoms with E-state index in [2.05, 4.69) is 0 Å². The Labute approximate surface area is 148 Å². The fraction of sp³-hybridized carbons (Fsp3) is 0.350. The van der Waals surface area contributed by atoms with Gasteiger partial charge in [0.25, 0.3) is 5.92 Å². The monoisotopic (exact) mass is 363 g/mol. The first-order valence-electron chi connectivity index (χ1n) is 8.63. The van der Waals surface area contributed by atoms with Crippen LogP contribution < -0.4 is 0 Å². The average Bonchev–Trinajstić information content (AvgIpc) is 2.98. The van der Waals surface area contributed by atoms with Crippen LogP contribution in [-0.4, -0.2) is 29.8 Å². The van der Waals surface area contributed by atoms with E-state index in [-0.39, 0.29) is 16.7 Å². The highest BCUT2D eigenvalue weighted by Crippen LogP contribution is 2.63. The Morgan fingerprint density at radius 1 is 0.962 bits per heavy atom. The molecule has 26 heavy (non-hydrogen) atoms. The molecule has 6 heteroatoms. The van der Waals surface area contributed by atoms with Crippen LogP contribution in [0.5, 0.6) is 0 Å². The molecule has 1 heterocycles. The van der Waals surface area contributed by atoms with Gasteiger partial charge in [0.1, 0.15) is 17.6 Å². The molecule has 1 aliphatic carbocycles. The molecule has 1 aliphatic heterocycles. The number of amides is 1. The van der Waals surface area contributed by atoms with Crippen molar-refractivity contribution in [1.82, 2.24) is 4.90 Å². The Bertz CT molecular complexity index is 840. The fourth-order valence-corrected chi connectivity index (χ4v) is 3.91. The van der Waals surface area contributed by atoms with Crippen molar-refractivity contribution in [2.45, 2.75) is 24.7 Å². The Morgan fingerprint density at radius 3 is 2.23 bits per heavy atom. The maximum Gasteiger partial charge on any atom is 0.268 e. The standard InChI is InChI=1S/C20H17F4NO/c21-14-8-5-9-15(22)16(14)12-6-1-2-7-13(12)17-18(20(17,23)24)19(26)25-10-3-4-11-25/h1-2,5-9,17-18H,3-4,10-11H2. The van der Waals surface area contributed by atoms with Gasteiger partial charge >= 0.3 is 0 Å². The number of hydrogen-bond donors (Lipinski definition) is 0. The summed E-state index contributed by atoms with van der Waals surface area (Å²) in [6, 6.07) is 9.34. The molecule has 2 aromatic carbocycles. The Morgan fingerprint density at radius 2 is 1.58 bits per heavy atom. The zero-order valence-corrected chi connectivity index (χ0v) is 13.9. The number of nitrogens with zero attached hydrogens (tertiary/aromatic N) is 1. The second-order valence-corrected chi connectivity index (χ2v) is 6.85. The molecule has 4 rings (SSSR count). The summed E-state index contributed by atoms with van der Waals surface area (Å²) in [5.74, 6) is -8.23. The Hall–Kier alpha value is -2.37. The highest BCUT2D eigenvalue weighted by Gasteiger charge is 2.73. The van der Waals surface area contributed by atoms with Crippen LogP contribution in [0.2, 0.25) is 0 Å². The zero-order valence-electron chi connectivity index (χ0n) is 13.9. The van der Waals surface area contributed by atoms with E-state index in [0.717, 1.165) is 25.0 Å². The van der Waals surface area contributed by atoms with E-state index in [1.54, 1.807) is 12.1 Å². The van der Waals surface area contributed by atoms with Crippen LogP contribution in [0.15, 0.2) is 42.5 Å². The molecule has 0 N–H and O–H groups in total. The minimum Gasteiger partial charge on any atom is -0.342 e. The number of hydrogen-bond acceptors (Lipinski definition) is 1. The maximum atomic E-state index is 14.5. The van der Waals surface area contributed by atoms with Crippen molar-refractivity contribution in [1.29, 1.82) is 0 Å². The molecule has 2 unspecified atom stereocenters. The molecule has 1 amide bonds. The molecule has 1 saturated carbocycles. The van der Waals surface area contributed by atoms with Gasteiger partial charge in [-0.2, -0.15) is 0 Å². The van der Waals surface area contributed by atoms with Crippen molar-refractivity contribution < 1.29 is 22.4 Å². The SMILES string of the molecule is O=C(C1C(c2ccccc2-c2c(F)cccc2F)C1(F)F)N1CCCC1. The summed E-state index contributed by atoms with van der Waals surface area (Å²) in [6.07, 6.45) is 1.62. The number of carbonyl (C=O) groups is 1. The lowest BCUT2D eigenvalue weighted by atomic mass is 9.95. The van der Waals surface area contributed by atoms with Gasteiger partial charge in [-0.3, -0.25) is 4.79 Å². The number of alkyl halides is 2. The van der Waals surface area contributed by atoms with E-state index in [4.69, 9.17) is 0 Å². The second-order valence-electron chi connectivity index (χ2n) is 6.85. The highest BCUT2D eigenvalue weighted by molar-refractivity contribution is 5.87. The van der Waals surface area contributed by atoms with Crippen LogP contribution in [0, 0.1) is 17.6 Å². The molecule has 2 nitrogen and oxygen atoms in total. The van der Waals surface area contributed by atoms with Gasteiger partial charge in [0.15, 0.2) is 0 Å². The predicted octanol–water partition coefficient (Wildman–Crippen LogP) is 4.60. The lowest BCUT2D eigenvalue weighted by Crippen LogP contribution is -2.30. The van der Waals surface area contributed by atoms with Crippen LogP contribution >= 0.6 is 0 Å². The molecule has 2 aliphatic rings. The van der Waals surface area contributed by atoms with E-state index in [1.807, 2.05) is 0 Å². The number of benzene rings is 2. The fourth-order valence-electron chi connectivity index (χ4n) is 3.91. The third-order valence-corrected chi connectivity index (χ3v) is 5.27. The first-order valence-corrected chi connectivity index (χ1v) is 8.63. The van der Waals surface area contributed by atoms with Crippen molar-refractivity contribution in [3.8, 4) is 11.1 Å². The molecule has 2 aromatic rings.